The molecule has 14 heavy (non-hydrogen) atoms. The molecule has 2 nitrogen and oxygen atoms in total. The zero-order valence-corrected chi connectivity index (χ0v) is 8.36. The number of pyridine rings is 1. The zero-order chi connectivity index (χ0) is 10.4. The van der Waals surface area contributed by atoms with Gasteiger partial charge in [0, 0.05) is 11.6 Å². The first kappa shape index (κ1) is 10.2. The maximum Gasteiger partial charge on any atom is 0.141 e. The average Bonchev–Trinajstić information content (AvgIpc) is 2.31. The van der Waals surface area contributed by atoms with Crippen molar-refractivity contribution in [1.82, 2.24) is 4.98 Å². The fourth-order valence-corrected chi connectivity index (χ4v) is 1.14. The van der Waals surface area contributed by atoms with Crippen molar-refractivity contribution >= 4 is 10.8 Å². The van der Waals surface area contributed by atoms with Crippen LogP contribution in [0, 0.1) is 11.3 Å². The highest BCUT2D eigenvalue weighted by Gasteiger charge is 1.94. The number of hydrogen-bond acceptors (Lipinski definition) is 2. The van der Waals surface area contributed by atoms with E-state index in [0.717, 1.165) is 10.8 Å². The molecule has 2 aromatic rings. The molecule has 0 atom stereocenters. The van der Waals surface area contributed by atoms with Gasteiger partial charge < -0.3 is 0 Å². The van der Waals surface area contributed by atoms with Gasteiger partial charge in [-0.1, -0.05) is 38.1 Å². The lowest BCUT2D eigenvalue weighted by molar-refractivity contribution is 1.29. The van der Waals surface area contributed by atoms with Crippen LogP contribution >= 0.6 is 0 Å². The van der Waals surface area contributed by atoms with Gasteiger partial charge in [0.2, 0.25) is 0 Å². The standard InChI is InChI=1S/C10H6N2.C2H6/c11-6-10-5-8-3-1-2-4-9(8)7-12-10;1-2/h1-5,7H;1-2H3. The van der Waals surface area contributed by atoms with Crippen LogP contribution in [0.4, 0.5) is 0 Å². The Balaban J connectivity index is 0.000000461. The third-order valence-electron chi connectivity index (χ3n) is 1.75. The first-order valence-electron chi connectivity index (χ1n) is 4.65. The lowest BCUT2D eigenvalue weighted by atomic mass is 10.1. The van der Waals surface area contributed by atoms with E-state index in [1.165, 1.54) is 0 Å². The molecule has 0 spiro atoms. The highest BCUT2D eigenvalue weighted by molar-refractivity contribution is 5.82. The van der Waals surface area contributed by atoms with Crippen molar-refractivity contribution < 1.29 is 0 Å². The Morgan fingerprint density at radius 3 is 2.43 bits per heavy atom. The van der Waals surface area contributed by atoms with E-state index >= 15 is 0 Å². The SMILES string of the molecule is CC.N#Cc1cc2ccccc2cn1. The molecule has 2 heteroatoms. The van der Waals surface area contributed by atoms with Crippen molar-refractivity contribution in [2.45, 2.75) is 13.8 Å². The summed E-state index contributed by atoms with van der Waals surface area (Å²) in [6.07, 6.45) is 1.72. The van der Waals surface area contributed by atoms with Gasteiger partial charge >= 0.3 is 0 Å². The van der Waals surface area contributed by atoms with E-state index in [1.54, 1.807) is 12.3 Å². The Morgan fingerprint density at radius 2 is 1.79 bits per heavy atom. The minimum Gasteiger partial charge on any atom is -0.245 e. The summed E-state index contributed by atoms with van der Waals surface area (Å²) in [6.45, 7) is 4.00. The molecule has 0 saturated carbocycles. The Morgan fingerprint density at radius 1 is 1.14 bits per heavy atom. The molecule has 0 N–H and O–H groups in total. The van der Waals surface area contributed by atoms with Crippen molar-refractivity contribution in [3.63, 3.8) is 0 Å². The predicted molar refractivity (Wildman–Crippen MR) is 57.8 cm³/mol. The number of hydrogen-bond donors (Lipinski definition) is 0. The Hall–Kier alpha value is -1.88. The van der Waals surface area contributed by atoms with Crippen LogP contribution in [0.3, 0.4) is 0 Å². The van der Waals surface area contributed by atoms with Crippen LogP contribution in [0.15, 0.2) is 36.5 Å². The van der Waals surface area contributed by atoms with Crippen LogP contribution in [0.1, 0.15) is 19.5 Å². The van der Waals surface area contributed by atoms with Crippen molar-refractivity contribution in [3.05, 3.63) is 42.2 Å². The summed E-state index contributed by atoms with van der Waals surface area (Å²) in [7, 11) is 0. The van der Waals surface area contributed by atoms with Crippen LogP contribution in [-0.2, 0) is 0 Å². The van der Waals surface area contributed by atoms with Crippen LogP contribution in [0.2, 0.25) is 0 Å². The Labute approximate surface area is 83.8 Å². The molecule has 0 saturated heterocycles. The molecule has 70 valence electrons. The lowest BCUT2D eigenvalue weighted by Gasteiger charge is -1.94. The minimum atomic E-state index is 0.466. The molecule has 0 aliphatic carbocycles. The number of rotatable bonds is 0. The molecule has 0 bridgehead atoms. The summed E-state index contributed by atoms with van der Waals surface area (Å²) in [5, 5.41) is 10.7. The lowest BCUT2D eigenvalue weighted by Crippen LogP contribution is -1.81. The summed E-state index contributed by atoms with van der Waals surface area (Å²) in [5.41, 5.74) is 0.466. The number of benzene rings is 1. The van der Waals surface area contributed by atoms with Gasteiger partial charge in [0.15, 0.2) is 0 Å². The molecule has 1 heterocycles. The molecular weight excluding hydrogens is 172 g/mol. The summed E-state index contributed by atoms with van der Waals surface area (Å²) >= 11 is 0. The first-order chi connectivity index (χ1) is 6.90. The van der Waals surface area contributed by atoms with E-state index in [4.69, 9.17) is 5.26 Å². The third-order valence-corrected chi connectivity index (χ3v) is 1.75. The normalized spacial score (nSPS) is 8.64. The molecule has 0 fully saturated rings. The van der Waals surface area contributed by atoms with Crippen LogP contribution in [0.5, 0.6) is 0 Å². The van der Waals surface area contributed by atoms with Crippen molar-refractivity contribution in [3.8, 4) is 6.07 Å². The molecule has 0 radical (unpaired) electrons. The third kappa shape index (κ3) is 2.08. The number of nitriles is 1. The van der Waals surface area contributed by atoms with Gasteiger partial charge in [0.05, 0.1) is 0 Å². The fourth-order valence-electron chi connectivity index (χ4n) is 1.14. The maximum atomic E-state index is 8.58. The molecule has 2 rings (SSSR count). The zero-order valence-electron chi connectivity index (χ0n) is 8.36. The smallest absolute Gasteiger partial charge is 0.141 e. The van der Waals surface area contributed by atoms with E-state index in [-0.39, 0.29) is 0 Å². The molecule has 0 aliphatic rings. The fraction of sp³-hybridized carbons (Fsp3) is 0.167. The van der Waals surface area contributed by atoms with Crippen molar-refractivity contribution in [2.75, 3.05) is 0 Å². The van der Waals surface area contributed by atoms with E-state index in [0.29, 0.717) is 5.69 Å². The Bertz CT molecular complexity index is 455. The topological polar surface area (TPSA) is 36.7 Å². The summed E-state index contributed by atoms with van der Waals surface area (Å²) < 4.78 is 0. The van der Waals surface area contributed by atoms with Crippen LogP contribution in [0.25, 0.3) is 10.8 Å². The van der Waals surface area contributed by atoms with Gasteiger partial charge in [0.25, 0.3) is 0 Å². The second-order valence-electron chi connectivity index (χ2n) is 2.53. The van der Waals surface area contributed by atoms with E-state index in [1.807, 2.05) is 44.2 Å². The van der Waals surface area contributed by atoms with E-state index in [9.17, 15) is 0 Å². The highest BCUT2D eigenvalue weighted by Crippen LogP contribution is 2.12. The van der Waals surface area contributed by atoms with Gasteiger partial charge in [-0.25, -0.2) is 4.98 Å². The van der Waals surface area contributed by atoms with Gasteiger partial charge in [-0.15, -0.1) is 0 Å². The van der Waals surface area contributed by atoms with Gasteiger partial charge in [0.1, 0.15) is 11.8 Å². The van der Waals surface area contributed by atoms with E-state index < -0.39 is 0 Å². The average molecular weight is 184 g/mol. The molecule has 1 aromatic heterocycles. The number of aromatic nitrogens is 1. The van der Waals surface area contributed by atoms with E-state index in [2.05, 4.69) is 4.98 Å². The summed E-state index contributed by atoms with van der Waals surface area (Å²) in [5.74, 6) is 0. The highest BCUT2D eigenvalue weighted by atomic mass is 14.7. The molecule has 0 unspecified atom stereocenters. The van der Waals surface area contributed by atoms with Crippen LogP contribution < -0.4 is 0 Å². The van der Waals surface area contributed by atoms with Gasteiger partial charge in [-0.05, 0) is 11.5 Å². The number of fused-ring (bicyclic) bond motifs is 1. The summed E-state index contributed by atoms with van der Waals surface area (Å²) in [6, 6.07) is 11.6. The molecule has 1 aromatic carbocycles. The van der Waals surface area contributed by atoms with Crippen molar-refractivity contribution in [1.29, 1.82) is 5.26 Å². The second kappa shape index (κ2) is 4.98. The summed E-state index contributed by atoms with van der Waals surface area (Å²) in [4.78, 5) is 3.96. The van der Waals surface area contributed by atoms with Crippen molar-refractivity contribution in [2.24, 2.45) is 0 Å². The second-order valence-corrected chi connectivity index (χ2v) is 2.53. The molecule has 0 aliphatic heterocycles. The van der Waals surface area contributed by atoms with Gasteiger partial charge in [-0.3, -0.25) is 0 Å². The van der Waals surface area contributed by atoms with Crippen LogP contribution in [-0.4, -0.2) is 4.98 Å². The minimum absolute atomic E-state index is 0.466. The molecular formula is C12H12N2. The Kier molecular flexibility index (Phi) is 3.63. The predicted octanol–water partition coefficient (Wildman–Crippen LogP) is 3.13. The quantitative estimate of drug-likeness (QED) is 0.630. The largest absolute Gasteiger partial charge is 0.245 e. The number of nitrogens with zero attached hydrogens (tertiary/aromatic N) is 2. The molecule has 0 amide bonds. The monoisotopic (exact) mass is 184 g/mol. The maximum absolute atomic E-state index is 8.58. The van der Waals surface area contributed by atoms with Gasteiger partial charge in [-0.2, -0.15) is 5.26 Å². The first-order valence-corrected chi connectivity index (χ1v) is 4.65.